The molecule has 2 aromatic rings. The van der Waals surface area contributed by atoms with Gasteiger partial charge in [0, 0.05) is 6.07 Å². The van der Waals surface area contributed by atoms with Gasteiger partial charge in [-0.25, -0.2) is 4.68 Å². The van der Waals surface area contributed by atoms with Crippen molar-refractivity contribution in [1.29, 1.82) is 0 Å². The summed E-state index contributed by atoms with van der Waals surface area (Å²) < 4.78 is 1.73. The van der Waals surface area contributed by atoms with Crippen molar-refractivity contribution in [2.45, 2.75) is 13.5 Å². The molecule has 0 fully saturated rings. The Morgan fingerprint density at radius 1 is 1.25 bits per heavy atom. The van der Waals surface area contributed by atoms with Gasteiger partial charge in [-0.3, -0.25) is 0 Å². The van der Waals surface area contributed by atoms with Gasteiger partial charge in [0.2, 0.25) is 0 Å². The number of nitrogen functional groups attached to an aromatic ring is 1. The first-order valence-corrected chi connectivity index (χ1v) is 5.55. The van der Waals surface area contributed by atoms with Crippen LogP contribution in [0.5, 0.6) is 0 Å². The number of anilines is 1. The lowest BCUT2D eigenvalue weighted by Crippen LogP contribution is -2.05. The first-order chi connectivity index (χ1) is 7.56. The Kier molecular flexibility index (Phi) is 3.08. The number of aryl methyl sites for hydroxylation is 1. The summed E-state index contributed by atoms with van der Waals surface area (Å²) in [5, 5.41) is 5.37. The average Bonchev–Trinajstić information content (AvgIpc) is 2.51. The molecule has 0 saturated carbocycles. The smallest absolute Gasteiger partial charge is 0.122 e. The third kappa shape index (κ3) is 2.31. The van der Waals surface area contributed by atoms with Crippen LogP contribution in [0.3, 0.4) is 0 Å². The molecule has 0 aliphatic rings. The van der Waals surface area contributed by atoms with Gasteiger partial charge in [-0.15, -0.1) is 0 Å². The molecular formula is C11H11Cl2N3. The number of benzene rings is 1. The van der Waals surface area contributed by atoms with E-state index in [1.54, 1.807) is 10.7 Å². The number of halogens is 2. The zero-order valence-electron chi connectivity index (χ0n) is 8.74. The molecule has 0 unspecified atom stereocenters. The van der Waals surface area contributed by atoms with Crippen LogP contribution in [0.15, 0.2) is 24.3 Å². The Labute approximate surface area is 104 Å². The molecule has 1 aromatic heterocycles. The zero-order chi connectivity index (χ0) is 11.7. The first kappa shape index (κ1) is 11.3. The Morgan fingerprint density at radius 3 is 2.56 bits per heavy atom. The van der Waals surface area contributed by atoms with Crippen LogP contribution < -0.4 is 5.73 Å². The van der Waals surface area contributed by atoms with Gasteiger partial charge in [0.1, 0.15) is 5.82 Å². The minimum Gasteiger partial charge on any atom is -0.384 e. The summed E-state index contributed by atoms with van der Waals surface area (Å²) in [4.78, 5) is 0. The topological polar surface area (TPSA) is 43.8 Å². The number of nitrogens with two attached hydrogens (primary N) is 1. The molecule has 1 heterocycles. The quantitative estimate of drug-likeness (QED) is 0.897. The van der Waals surface area contributed by atoms with E-state index in [1.807, 2.05) is 25.1 Å². The normalized spacial score (nSPS) is 10.7. The first-order valence-electron chi connectivity index (χ1n) is 4.80. The molecule has 2 N–H and O–H groups in total. The highest BCUT2D eigenvalue weighted by Gasteiger charge is 2.04. The third-order valence-corrected chi connectivity index (χ3v) is 2.99. The molecule has 0 atom stereocenters. The van der Waals surface area contributed by atoms with Crippen molar-refractivity contribution in [2.24, 2.45) is 0 Å². The maximum absolute atomic E-state index is 5.93. The van der Waals surface area contributed by atoms with E-state index in [2.05, 4.69) is 5.10 Å². The Hall–Kier alpha value is -1.19. The molecular weight excluding hydrogens is 245 g/mol. The Bertz CT molecular complexity index is 520. The molecule has 16 heavy (non-hydrogen) atoms. The largest absolute Gasteiger partial charge is 0.384 e. The maximum Gasteiger partial charge on any atom is 0.122 e. The second-order valence-electron chi connectivity index (χ2n) is 3.62. The summed E-state index contributed by atoms with van der Waals surface area (Å²) in [5.74, 6) is 0.642. The molecule has 0 aliphatic heterocycles. The van der Waals surface area contributed by atoms with E-state index < -0.39 is 0 Å². The molecule has 1 aromatic carbocycles. The molecule has 0 aliphatic carbocycles. The van der Waals surface area contributed by atoms with Crippen molar-refractivity contribution in [1.82, 2.24) is 9.78 Å². The number of hydrogen-bond acceptors (Lipinski definition) is 2. The summed E-state index contributed by atoms with van der Waals surface area (Å²) in [7, 11) is 0. The number of aromatic nitrogens is 2. The Balaban J connectivity index is 2.27. The van der Waals surface area contributed by atoms with Crippen LogP contribution in [-0.4, -0.2) is 9.78 Å². The lowest BCUT2D eigenvalue weighted by Gasteiger charge is -2.05. The number of rotatable bonds is 2. The van der Waals surface area contributed by atoms with E-state index in [0.717, 1.165) is 11.3 Å². The van der Waals surface area contributed by atoms with Crippen LogP contribution >= 0.6 is 23.2 Å². The molecule has 2 rings (SSSR count). The van der Waals surface area contributed by atoms with Gasteiger partial charge in [-0.2, -0.15) is 5.10 Å². The molecule has 5 heteroatoms. The lowest BCUT2D eigenvalue weighted by molar-refractivity contribution is 0.689. The van der Waals surface area contributed by atoms with Crippen molar-refractivity contribution < 1.29 is 0 Å². The highest BCUT2D eigenvalue weighted by molar-refractivity contribution is 6.42. The molecule has 0 bridgehead atoms. The second kappa shape index (κ2) is 4.36. The van der Waals surface area contributed by atoms with Gasteiger partial charge in [-0.1, -0.05) is 29.3 Å². The minimum atomic E-state index is 0.543. The standard InChI is InChI=1S/C11H11Cl2N3/c1-7-4-11(14)16(15-7)6-8-2-3-9(12)10(13)5-8/h2-5H,6,14H2,1H3. The highest BCUT2D eigenvalue weighted by Crippen LogP contribution is 2.23. The molecule has 0 spiro atoms. The van der Waals surface area contributed by atoms with Gasteiger partial charge >= 0.3 is 0 Å². The molecule has 0 saturated heterocycles. The maximum atomic E-state index is 5.93. The number of nitrogens with zero attached hydrogens (tertiary/aromatic N) is 2. The fraction of sp³-hybridized carbons (Fsp3) is 0.182. The van der Waals surface area contributed by atoms with Gasteiger partial charge in [-0.05, 0) is 24.6 Å². The van der Waals surface area contributed by atoms with Crippen LogP contribution in [0.2, 0.25) is 10.0 Å². The van der Waals surface area contributed by atoms with Gasteiger partial charge in [0.15, 0.2) is 0 Å². The average molecular weight is 256 g/mol. The van der Waals surface area contributed by atoms with E-state index in [9.17, 15) is 0 Å². The van der Waals surface area contributed by atoms with Crippen molar-refractivity contribution in [3.8, 4) is 0 Å². The summed E-state index contributed by atoms with van der Waals surface area (Å²) in [6, 6.07) is 7.33. The SMILES string of the molecule is Cc1cc(N)n(Cc2ccc(Cl)c(Cl)c2)n1. The number of hydrogen-bond donors (Lipinski definition) is 1. The summed E-state index contributed by atoms with van der Waals surface area (Å²) in [6.07, 6.45) is 0. The van der Waals surface area contributed by atoms with Crippen molar-refractivity contribution in [2.75, 3.05) is 5.73 Å². The van der Waals surface area contributed by atoms with E-state index >= 15 is 0 Å². The Morgan fingerprint density at radius 2 is 2.00 bits per heavy atom. The van der Waals surface area contributed by atoms with Gasteiger partial charge in [0.05, 0.1) is 22.3 Å². The van der Waals surface area contributed by atoms with Crippen LogP contribution in [0, 0.1) is 6.92 Å². The van der Waals surface area contributed by atoms with Crippen molar-refractivity contribution >= 4 is 29.0 Å². The highest BCUT2D eigenvalue weighted by atomic mass is 35.5. The predicted molar refractivity (Wildman–Crippen MR) is 66.9 cm³/mol. The fourth-order valence-corrected chi connectivity index (χ4v) is 1.82. The van der Waals surface area contributed by atoms with Crippen LogP contribution in [-0.2, 0) is 6.54 Å². The van der Waals surface area contributed by atoms with Crippen molar-refractivity contribution in [3.63, 3.8) is 0 Å². The van der Waals surface area contributed by atoms with E-state index in [0.29, 0.717) is 22.4 Å². The molecule has 84 valence electrons. The molecule has 0 radical (unpaired) electrons. The lowest BCUT2D eigenvalue weighted by atomic mass is 10.2. The zero-order valence-corrected chi connectivity index (χ0v) is 10.3. The molecule has 3 nitrogen and oxygen atoms in total. The summed E-state index contributed by atoms with van der Waals surface area (Å²) in [5.41, 5.74) is 7.72. The summed E-state index contributed by atoms with van der Waals surface area (Å²) >= 11 is 11.8. The van der Waals surface area contributed by atoms with Gasteiger partial charge < -0.3 is 5.73 Å². The van der Waals surface area contributed by atoms with Crippen LogP contribution in [0.4, 0.5) is 5.82 Å². The van der Waals surface area contributed by atoms with E-state index in [-0.39, 0.29) is 0 Å². The predicted octanol–water partition coefficient (Wildman–Crippen LogP) is 3.13. The van der Waals surface area contributed by atoms with Crippen LogP contribution in [0.1, 0.15) is 11.3 Å². The van der Waals surface area contributed by atoms with Crippen molar-refractivity contribution in [3.05, 3.63) is 45.6 Å². The van der Waals surface area contributed by atoms with E-state index in [1.165, 1.54) is 0 Å². The fourth-order valence-electron chi connectivity index (χ4n) is 1.50. The van der Waals surface area contributed by atoms with Crippen LogP contribution in [0.25, 0.3) is 0 Å². The van der Waals surface area contributed by atoms with Gasteiger partial charge in [0.25, 0.3) is 0 Å². The minimum absolute atomic E-state index is 0.543. The molecule has 0 amide bonds. The third-order valence-electron chi connectivity index (χ3n) is 2.25. The monoisotopic (exact) mass is 255 g/mol. The van der Waals surface area contributed by atoms with E-state index in [4.69, 9.17) is 28.9 Å². The summed E-state index contributed by atoms with van der Waals surface area (Å²) in [6.45, 7) is 2.50. The second-order valence-corrected chi connectivity index (χ2v) is 4.43.